The van der Waals surface area contributed by atoms with Crippen molar-refractivity contribution in [3.63, 3.8) is 0 Å². The Bertz CT molecular complexity index is 342. The Kier molecular flexibility index (Phi) is 4.54. The molecule has 1 fully saturated rings. The first-order valence-corrected chi connectivity index (χ1v) is 7.30. The number of thiazole rings is 1. The number of rotatable bonds is 4. The average molecular weight is 253 g/mol. The summed E-state index contributed by atoms with van der Waals surface area (Å²) in [6.07, 6.45) is 4.65. The maximum atomic E-state index is 4.29. The number of hydrogen-bond acceptors (Lipinski definition) is 4. The molecule has 1 aliphatic rings. The fourth-order valence-electron chi connectivity index (χ4n) is 2.44. The van der Waals surface area contributed by atoms with Gasteiger partial charge >= 0.3 is 0 Å². The summed E-state index contributed by atoms with van der Waals surface area (Å²) in [5.41, 5.74) is 0. The molecular weight excluding hydrogens is 230 g/mol. The SMILES string of the molecule is Cc1ncc(CNC(C)C2CCN(C)CC2)s1. The van der Waals surface area contributed by atoms with E-state index in [0.29, 0.717) is 6.04 Å². The largest absolute Gasteiger partial charge is 0.309 e. The van der Waals surface area contributed by atoms with Crippen molar-refractivity contribution in [2.75, 3.05) is 20.1 Å². The van der Waals surface area contributed by atoms with Gasteiger partial charge < -0.3 is 10.2 Å². The van der Waals surface area contributed by atoms with Crippen LogP contribution in [0.4, 0.5) is 0 Å². The van der Waals surface area contributed by atoms with Crippen molar-refractivity contribution in [2.45, 2.75) is 39.3 Å². The summed E-state index contributed by atoms with van der Waals surface area (Å²) in [5, 5.41) is 4.81. The molecule has 2 rings (SSSR count). The van der Waals surface area contributed by atoms with Gasteiger partial charge in [0.25, 0.3) is 0 Å². The second kappa shape index (κ2) is 5.94. The molecule has 0 bridgehead atoms. The standard InChI is InChI=1S/C13H23N3S/c1-10(12-4-6-16(3)7-5-12)14-8-13-9-15-11(2)17-13/h9-10,12,14H,4-8H2,1-3H3. The van der Waals surface area contributed by atoms with Crippen LogP contribution >= 0.6 is 11.3 Å². The van der Waals surface area contributed by atoms with Gasteiger partial charge in [-0.15, -0.1) is 11.3 Å². The lowest BCUT2D eigenvalue weighted by molar-refractivity contribution is 0.189. The molecule has 0 saturated carbocycles. The van der Waals surface area contributed by atoms with Crippen LogP contribution in [0, 0.1) is 12.8 Å². The molecule has 1 aromatic rings. The van der Waals surface area contributed by atoms with Gasteiger partial charge in [-0.05, 0) is 52.7 Å². The number of piperidine rings is 1. The normalized spacial score (nSPS) is 20.6. The smallest absolute Gasteiger partial charge is 0.0897 e. The zero-order valence-corrected chi connectivity index (χ0v) is 11.9. The molecule has 1 aromatic heterocycles. The van der Waals surface area contributed by atoms with Crippen LogP contribution < -0.4 is 5.32 Å². The lowest BCUT2D eigenvalue weighted by atomic mass is 9.90. The predicted octanol–water partition coefficient (Wildman–Crippen LogP) is 2.27. The van der Waals surface area contributed by atoms with Crippen LogP contribution in [0.15, 0.2) is 6.20 Å². The summed E-state index contributed by atoms with van der Waals surface area (Å²) in [5.74, 6) is 0.834. The summed E-state index contributed by atoms with van der Waals surface area (Å²) < 4.78 is 0. The molecule has 0 aliphatic carbocycles. The number of hydrogen-bond donors (Lipinski definition) is 1. The molecule has 17 heavy (non-hydrogen) atoms. The third kappa shape index (κ3) is 3.76. The molecule has 1 saturated heterocycles. The molecule has 1 atom stereocenters. The van der Waals surface area contributed by atoms with E-state index < -0.39 is 0 Å². The van der Waals surface area contributed by atoms with E-state index in [0.717, 1.165) is 17.5 Å². The lowest BCUT2D eigenvalue weighted by Crippen LogP contribution is -2.40. The fraction of sp³-hybridized carbons (Fsp3) is 0.769. The third-order valence-electron chi connectivity index (χ3n) is 3.74. The van der Waals surface area contributed by atoms with Gasteiger partial charge in [-0.3, -0.25) is 0 Å². The van der Waals surface area contributed by atoms with Gasteiger partial charge in [0.2, 0.25) is 0 Å². The highest BCUT2D eigenvalue weighted by atomic mass is 32.1. The van der Waals surface area contributed by atoms with E-state index in [1.54, 1.807) is 11.3 Å². The molecule has 4 heteroatoms. The number of nitrogens with zero attached hydrogens (tertiary/aromatic N) is 2. The van der Waals surface area contributed by atoms with E-state index in [1.165, 1.54) is 30.8 Å². The minimum atomic E-state index is 0.617. The average Bonchev–Trinajstić information content (AvgIpc) is 2.73. The van der Waals surface area contributed by atoms with Crippen LogP contribution in [-0.4, -0.2) is 36.1 Å². The fourth-order valence-corrected chi connectivity index (χ4v) is 3.19. The van der Waals surface area contributed by atoms with E-state index in [9.17, 15) is 0 Å². The van der Waals surface area contributed by atoms with Gasteiger partial charge in [0.15, 0.2) is 0 Å². The van der Waals surface area contributed by atoms with Crippen LogP contribution in [0.1, 0.15) is 29.7 Å². The first kappa shape index (κ1) is 13.0. The van der Waals surface area contributed by atoms with Crippen molar-refractivity contribution >= 4 is 11.3 Å². The van der Waals surface area contributed by atoms with Crippen molar-refractivity contribution in [1.29, 1.82) is 0 Å². The lowest BCUT2D eigenvalue weighted by Gasteiger charge is -2.33. The topological polar surface area (TPSA) is 28.2 Å². The van der Waals surface area contributed by atoms with E-state index in [1.807, 2.05) is 6.20 Å². The van der Waals surface area contributed by atoms with E-state index >= 15 is 0 Å². The van der Waals surface area contributed by atoms with E-state index in [-0.39, 0.29) is 0 Å². The van der Waals surface area contributed by atoms with Crippen molar-refractivity contribution in [2.24, 2.45) is 5.92 Å². The summed E-state index contributed by atoms with van der Waals surface area (Å²) in [6.45, 7) is 7.85. The summed E-state index contributed by atoms with van der Waals surface area (Å²) >= 11 is 1.79. The van der Waals surface area contributed by atoms with Gasteiger partial charge in [-0.25, -0.2) is 4.98 Å². The third-order valence-corrected chi connectivity index (χ3v) is 4.65. The Labute approximate surface area is 108 Å². The molecule has 3 nitrogen and oxygen atoms in total. The summed E-state index contributed by atoms with van der Waals surface area (Å²) in [4.78, 5) is 8.06. The Balaban J connectivity index is 1.75. The Morgan fingerprint density at radius 3 is 2.82 bits per heavy atom. The van der Waals surface area contributed by atoms with Gasteiger partial charge in [0, 0.05) is 23.7 Å². The van der Waals surface area contributed by atoms with Crippen LogP contribution in [0.5, 0.6) is 0 Å². The highest BCUT2D eigenvalue weighted by Gasteiger charge is 2.21. The molecule has 0 aromatic carbocycles. The van der Waals surface area contributed by atoms with Crippen LogP contribution in [0.2, 0.25) is 0 Å². The van der Waals surface area contributed by atoms with Crippen molar-refractivity contribution in [1.82, 2.24) is 15.2 Å². The zero-order valence-electron chi connectivity index (χ0n) is 11.1. The number of likely N-dealkylation sites (tertiary alicyclic amines) is 1. The molecule has 2 heterocycles. The molecule has 0 spiro atoms. The Morgan fingerprint density at radius 2 is 2.24 bits per heavy atom. The molecule has 96 valence electrons. The maximum absolute atomic E-state index is 4.29. The second-order valence-corrected chi connectivity index (χ2v) is 6.48. The first-order valence-electron chi connectivity index (χ1n) is 6.48. The summed E-state index contributed by atoms with van der Waals surface area (Å²) in [6, 6.07) is 0.617. The summed E-state index contributed by atoms with van der Waals surface area (Å²) in [7, 11) is 2.22. The molecule has 1 N–H and O–H groups in total. The Morgan fingerprint density at radius 1 is 1.53 bits per heavy atom. The van der Waals surface area contributed by atoms with Crippen molar-refractivity contribution in [3.05, 3.63) is 16.1 Å². The maximum Gasteiger partial charge on any atom is 0.0897 e. The Hall–Kier alpha value is -0.450. The quantitative estimate of drug-likeness (QED) is 0.892. The number of aryl methyl sites for hydroxylation is 1. The van der Waals surface area contributed by atoms with Gasteiger partial charge in [-0.1, -0.05) is 0 Å². The van der Waals surface area contributed by atoms with Gasteiger partial charge in [-0.2, -0.15) is 0 Å². The number of nitrogens with one attached hydrogen (secondary N) is 1. The number of aromatic nitrogens is 1. The van der Waals surface area contributed by atoms with E-state index in [2.05, 4.69) is 36.1 Å². The molecule has 0 radical (unpaired) electrons. The highest BCUT2D eigenvalue weighted by Crippen LogP contribution is 2.20. The molecule has 0 amide bonds. The zero-order chi connectivity index (χ0) is 12.3. The minimum absolute atomic E-state index is 0.617. The van der Waals surface area contributed by atoms with Crippen LogP contribution in [0.3, 0.4) is 0 Å². The van der Waals surface area contributed by atoms with Gasteiger partial charge in [0.1, 0.15) is 0 Å². The highest BCUT2D eigenvalue weighted by molar-refractivity contribution is 7.11. The monoisotopic (exact) mass is 253 g/mol. The second-order valence-electron chi connectivity index (χ2n) is 5.16. The predicted molar refractivity (Wildman–Crippen MR) is 73.4 cm³/mol. The van der Waals surface area contributed by atoms with Crippen molar-refractivity contribution < 1.29 is 0 Å². The van der Waals surface area contributed by atoms with E-state index in [4.69, 9.17) is 0 Å². The van der Waals surface area contributed by atoms with Crippen LogP contribution in [0.25, 0.3) is 0 Å². The minimum Gasteiger partial charge on any atom is -0.309 e. The first-order chi connectivity index (χ1) is 8.15. The molecule has 1 unspecified atom stereocenters. The van der Waals surface area contributed by atoms with Crippen LogP contribution in [-0.2, 0) is 6.54 Å². The molecular formula is C13H23N3S. The van der Waals surface area contributed by atoms with Crippen molar-refractivity contribution in [3.8, 4) is 0 Å². The molecule has 1 aliphatic heterocycles. The van der Waals surface area contributed by atoms with Gasteiger partial charge in [0.05, 0.1) is 5.01 Å².